The lowest BCUT2D eigenvalue weighted by Crippen LogP contribution is -2.37. The van der Waals surface area contributed by atoms with Gasteiger partial charge in [0.05, 0.1) is 55.8 Å². The number of nitrogens with one attached hydrogen (secondary N) is 1. The number of halogens is 2. The van der Waals surface area contributed by atoms with E-state index < -0.39 is 10.6 Å². The number of fused-ring (bicyclic) bond motifs is 1. The van der Waals surface area contributed by atoms with E-state index in [1.54, 1.807) is 29.7 Å². The second-order valence-corrected chi connectivity index (χ2v) is 13.0. The molecule has 3 heterocycles. The van der Waals surface area contributed by atoms with Gasteiger partial charge in [-0.05, 0) is 23.3 Å². The van der Waals surface area contributed by atoms with Crippen LogP contribution in [0.15, 0.2) is 48.7 Å². The number of hydrogen-bond acceptors (Lipinski definition) is 8. The Kier molecular flexibility index (Phi) is 7.52. The van der Waals surface area contributed by atoms with Crippen LogP contribution in [0.2, 0.25) is 10.0 Å². The van der Waals surface area contributed by atoms with Gasteiger partial charge in [-0.25, -0.2) is 0 Å². The molecule has 0 amide bonds. The quantitative estimate of drug-likeness (QED) is 0.219. The molecular formula is C26H24Cl2N4O3S2. The molecule has 2 aromatic carbocycles. The number of anilines is 2. The van der Waals surface area contributed by atoms with Gasteiger partial charge in [-0.1, -0.05) is 47.5 Å². The van der Waals surface area contributed by atoms with Gasteiger partial charge in [0.15, 0.2) is 0 Å². The summed E-state index contributed by atoms with van der Waals surface area (Å²) in [6.07, 6.45) is 1.55. The molecule has 3 N–H and O–H groups in total. The standard InChI is InChI=1S/C26H24Cl2N4O3S2/c1-35-23-11-21(19(27)10-20(23)28)31-25-18(13-29)14-30-22-12-24(36-26(22)25)17-4-2-16(3-5-17)15-32-6-8-37(33,34)9-7-32/h2-5,10-12,14,33-34H,6-9,15H2,1H3,(H,30,31). The molecule has 1 aliphatic rings. The van der Waals surface area contributed by atoms with Crippen LogP contribution < -0.4 is 10.1 Å². The fourth-order valence-corrected chi connectivity index (χ4v) is 7.14. The zero-order chi connectivity index (χ0) is 26.2. The van der Waals surface area contributed by atoms with Gasteiger partial charge in [-0.3, -0.25) is 19.0 Å². The van der Waals surface area contributed by atoms with Crippen LogP contribution in [0, 0.1) is 11.3 Å². The Labute approximate surface area is 230 Å². The number of rotatable bonds is 6. The molecule has 0 unspecified atom stereocenters. The lowest BCUT2D eigenvalue weighted by Gasteiger charge is -2.41. The van der Waals surface area contributed by atoms with E-state index >= 15 is 0 Å². The number of pyridine rings is 1. The van der Waals surface area contributed by atoms with Gasteiger partial charge in [0.25, 0.3) is 0 Å². The van der Waals surface area contributed by atoms with Crippen molar-refractivity contribution in [2.45, 2.75) is 6.54 Å². The van der Waals surface area contributed by atoms with Crippen molar-refractivity contribution >= 4 is 66.7 Å². The monoisotopic (exact) mass is 574 g/mol. The summed E-state index contributed by atoms with van der Waals surface area (Å²) in [4.78, 5) is 7.77. The molecule has 0 saturated carbocycles. The average Bonchev–Trinajstić information content (AvgIpc) is 3.32. The Hall–Kier alpha value is -2.55. The van der Waals surface area contributed by atoms with E-state index in [2.05, 4.69) is 45.5 Å². The predicted molar refractivity (Wildman–Crippen MR) is 154 cm³/mol. The number of aromatic nitrogens is 1. The largest absolute Gasteiger partial charge is 0.495 e. The topological polar surface area (TPSA) is 102 Å². The van der Waals surface area contributed by atoms with Crippen molar-refractivity contribution in [2.75, 3.05) is 37.0 Å². The summed E-state index contributed by atoms with van der Waals surface area (Å²) in [6, 6.07) is 15.9. The van der Waals surface area contributed by atoms with Crippen molar-refractivity contribution in [1.29, 1.82) is 5.26 Å². The average molecular weight is 576 g/mol. The van der Waals surface area contributed by atoms with Crippen LogP contribution in [-0.2, 0) is 6.54 Å². The third kappa shape index (κ3) is 5.66. The molecule has 0 radical (unpaired) electrons. The number of thiophene rings is 1. The van der Waals surface area contributed by atoms with Crippen LogP contribution in [0.4, 0.5) is 11.4 Å². The first kappa shape index (κ1) is 26.1. The summed E-state index contributed by atoms with van der Waals surface area (Å²) in [5.74, 6) is 1.35. The maximum Gasteiger partial charge on any atom is 0.139 e. The van der Waals surface area contributed by atoms with Crippen LogP contribution in [-0.4, -0.2) is 50.7 Å². The van der Waals surface area contributed by atoms with Gasteiger partial charge in [-0.2, -0.15) is 15.9 Å². The number of benzene rings is 2. The first-order valence-electron chi connectivity index (χ1n) is 11.4. The van der Waals surface area contributed by atoms with Crippen LogP contribution in [0.5, 0.6) is 5.75 Å². The zero-order valence-corrected chi connectivity index (χ0v) is 23.0. The molecule has 11 heteroatoms. The van der Waals surface area contributed by atoms with Crippen LogP contribution in [0.1, 0.15) is 11.1 Å². The maximum absolute atomic E-state index is 9.83. The van der Waals surface area contributed by atoms with E-state index in [9.17, 15) is 14.4 Å². The second-order valence-electron chi connectivity index (χ2n) is 8.76. The Bertz CT molecular complexity index is 1490. The molecule has 5 rings (SSSR count). The highest BCUT2D eigenvalue weighted by Gasteiger charge is 2.22. The Morgan fingerprint density at radius 2 is 1.86 bits per heavy atom. The number of ether oxygens (including phenoxy) is 1. The van der Waals surface area contributed by atoms with Crippen molar-refractivity contribution in [3.05, 3.63) is 69.8 Å². The summed E-state index contributed by atoms with van der Waals surface area (Å²) in [6.45, 7) is 2.15. The molecule has 0 atom stereocenters. The summed E-state index contributed by atoms with van der Waals surface area (Å²) in [5.41, 5.74) is 4.60. The van der Waals surface area contributed by atoms with Crippen molar-refractivity contribution in [3.63, 3.8) is 0 Å². The highest BCUT2D eigenvalue weighted by atomic mass is 35.5. The molecular weight excluding hydrogens is 551 g/mol. The SMILES string of the molecule is COc1cc(Nc2c(C#N)cnc3cc(-c4ccc(CN5CCS(O)(O)CC5)cc4)sc23)c(Cl)cc1Cl. The van der Waals surface area contributed by atoms with E-state index in [0.717, 1.165) is 27.2 Å². The molecule has 4 aromatic rings. The van der Waals surface area contributed by atoms with Crippen molar-refractivity contribution < 1.29 is 13.8 Å². The molecule has 1 aliphatic heterocycles. The smallest absolute Gasteiger partial charge is 0.139 e. The van der Waals surface area contributed by atoms with E-state index in [1.165, 1.54) is 12.7 Å². The summed E-state index contributed by atoms with van der Waals surface area (Å²) >= 11 is 14.2. The molecule has 1 saturated heterocycles. The van der Waals surface area contributed by atoms with Crippen molar-refractivity contribution in [3.8, 4) is 22.3 Å². The third-order valence-corrected chi connectivity index (χ3v) is 9.75. The Morgan fingerprint density at radius 3 is 2.54 bits per heavy atom. The fraction of sp³-hybridized carbons (Fsp3) is 0.231. The summed E-state index contributed by atoms with van der Waals surface area (Å²) in [7, 11) is -0.860. The van der Waals surface area contributed by atoms with E-state index in [4.69, 9.17) is 27.9 Å². The predicted octanol–water partition coefficient (Wildman–Crippen LogP) is 7.46. The first-order valence-corrected chi connectivity index (χ1v) is 14.9. The molecule has 7 nitrogen and oxygen atoms in total. The van der Waals surface area contributed by atoms with E-state index in [-0.39, 0.29) is 0 Å². The first-order chi connectivity index (χ1) is 17.8. The van der Waals surface area contributed by atoms with Gasteiger partial charge in [-0.15, -0.1) is 11.3 Å². The number of methoxy groups -OCH3 is 1. The second kappa shape index (κ2) is 10.7. The summed E-state index contributed by atoms with van der Waals surface area (Å²) < 4.78 is 25.8. The van der Waals surface area contributed by atoms with E-state index in [0.29, 0.717) is 57.3 Å². The molecule has 192 valence electrons. The lowest BCUT2D eigenvalue weighted by molar-refractivity contribution is 0.278. The van der Waals surface area contributed by atoms with Crippen molar-refractivity contribution in [2.24, 2.45) is 0 Å². The van der Waals surface area contributed by atoms with Gasteiger partial charge >= 0.3 is 0 Å². The maximum atomic E-state index is 9.83. The molecule has 0 aliphatic carbocycles. The van der Waals surface area contributed by atoms with E-state index in [1.807, 2.05) is 6.07 Å². The minimum absolute atomic E-state index is 0.400. The highest BCUT2D eigenvalue weighted by molar-refractivity contribution is 8.24. The Balaban J connectivity index is 1.42. The van der Waals surface area contributed by atoms with Gasteiger partial charge in [0, 0.05) is 36.8 Å². The lowest BCUT2D eigenvalue weighted by atomic mass is 10.1. The number of nitriles is 1. The van der Waals surface area contributed by atoms with Crippen molar-refractivity contribution in [1.82, 2.24) is 9.88 Å². The molecule has 0 spiro atoms. The van der Waals surface area contributed by atoms with Crippen LogP contribution >= 0.6 is 45.1 Å². The Morgan fingerprint density at radius 1 is 1.14 bits per heavy atom. The van der Waals surface area contributed by atoms with Gasteiger partial charge < -0.3 is 10.1 Å². The van der Waals surface area contributed by atoms with Crippen LogP contribution in [0.25, 0.3) is 20.7 Å². The van der Waals surface area contributed by atoms with Gasteiger partial charge in [0.2, 0.25) is 0 Å². The number of hydrogen-bond donors (Lipinski definition) is 3. The minimum atomic E-state index is -2.39. The zero-order valence-electron chi connectivity index (χ0n) is 19.9. The minimum Gasteiger partial charge on any atom is -0.495 e. The number of nitrogens with zero attached hydrogens (tertiary/aromatic N) is 3. The third-order valence-electron chi connectivity index (χ3n) is 6.28. The molecule has 0 bridgehead atoms. The summed E-state index contributed by atoms with van der Waals surface area (Å²) in [5, 5.41) is 13.9. The fourth-order valence-electron chi connectivity index (χ4n) is 4.20. The van der Waals surface area contributed by atoms with Crippen LogP contribution in [0.3, 0.4) is 0 Å². The molecule has 1 fully saturated rings. The normalized spacial score (nSPS) is 16.3. The highest BCUT2D eigenvalue weighted by Crippen LogP contribution is 2.42. The van der Waals surface area contributed by atoms with Gasteiger partial charge in [0.1, 0.15) is 11.8 Å². The molecule has 37 heavy (non-hydrogen) atoms. The molecule has 2 aromatic heterocycles.